The zero-order valence-electron chi connectivity index (χ0n) is 34.4. The van der Waals surface area contributed by atoms with E-state index in [9.17, 15) is 0 Å². The molecule has 0 unspecified atom stereocenters. The lowest BCUT2D eigenvalue weighted by molar-refractivity contribution is 0.669. The Labute approximate surface area is 366 Å². The van der Waals surface area contributed by atoms with Gasteiger partial charge in [0.2, 0.25) is 0 Å². The smallest absolute Gasteiger partial charge is 0.138 e. The Morgan fingerprint density at radius 1 is 0.302 bits per heavy atom. The third-order valence-corrected chi connectivity index (χ3v) is 12.4. The fourth-order valence-electron chi connectivity index (χ4n) is 9.45. The number of aromatic nitrogens is 1. The van der Waals surface area contributed by atoms with Crippen molar-refractivity contribution in [2.75, 3.05) is 4.90 Å². The molecular weight excluding hydrogens is 765 g/mol. The largest absolute Gasteiger partial charge is 0.456 e. The van der Waals surface area contributed by atoms with Gasteiger partial charge in [-0.15, -0.1) is 0 Å². The van der Waals surface area contributed by atoms with Gasteiger partial charge in [-0.25, -0.2) is 0 Å². The van der Waals surface area contributed by atoms with E-state index in [1.807, 2.05) is 0 Å². The van der Waals surface area contributed by atoms with Crippen LogP contribution in [0.3, 0.4) is 0 Å². The van der Waals surface area contributed by atoms with Crippen molar-refractivity contribution in [1.29, 1.82) is 0 Å². The lowest BCUT2D eigenvalue weighted by Gasteiger charge is -2.26. The Kier molecular flexibility index (Phi) is 8.83. The van der Waals surface area contributed by atoms with Crippen LogP contribution in [0.25, 0.3) is 93.9 Å². The molecule has 0 saturated heterocycles. The number of benzene rings is 10. The van der Waals surface area contributed by atoms with Gasteiger partial charge in [0.25, 0.3) is 0 Å². The van der Waals surface area contributed by atoms with Gasteiger partial charge in [-0.05, 0) is 99.6 Å². The number of anilines is 3. The molecule has 296 valence electrons. The van der Waals surface area contributed by atoms with E-state index in [-0.39, 0.29) is 0 Å². The molecule has 2 aromatic heterocycles. The van der Waals surface area contributed by atoms with Crippen LogP contribution in [0.15, 0.2) is 247 Å². The second kappa shape index (κ2) is 15.3. The fraction of sp³-hybridized carbons (Fsp3) is 0. The highest BCUT2D eigenvalue weighted by Gasteiger charge is 2.24. The molecule has 0 N–H and O–H groups in total. The Morgan fingerprint density at radius 3 is 1.48 bits per heavy atom. The van der Waals surface area contributed by atoms with Crippen LogP contribution in [0.2, 0.25) is 0 Å². The van der Waals surface area contributed by atoms with Crippen molar-refractivity contribution in [1.82, 2.24) is 4.57 Å². The van der Waals surface area contributed by atoms with Gasteiger partial charge < -0.3 is 13.9 Å². The Bertz CT molecular complexity index is 3570. The molecule has 0 saturated carbocycles. The molecule has 3 nitrogen and oxygen atoms in total. The minimum absolute atomic E-state index is 0.865. The molecule has 0 bridgehead atoms. The van der Waals surface area contributed by atoms with Crippen molar-refractivity contribution in [3.05, 3.63) is 243 Å². The van der Waals surface area contributed by atoms with E-state index in [1.54, 1.807) is 0 Å². The number of fused-ring (bicyclic) bond motifs is 6. The minimum Gasteiger partial charge on any atom is -0.456 e. The first-order chi connectivity index (χ1) is 31.2. The number of hydrogen-bond acceptors (Lipinski definition) is 2. The molecule has 0 fully saturated rings. The summed E-state index contributed by atoms with van der Waals surface area (Å²) in [4.78, 5) is 2.40. The molecule has 10 aromatic carbocycles. The molecule has 0 amide bonds. The summed E-state index contributed by atoms with van der Waals surface area (Å²) in [5.41, 5.74) is 17.7. The highest BCUT2D eigenvalue weighted by atomic mass is 16.3. The van der Waals surface area contributed by atoms with E-state index in [4.69, 9.17) is 4.42 Å². The molecule has 0 aliphatic rings. The van der Waals surface area contributed by atoms with Crippen molar-refractivity contribution in [2.24, 2.45) is 0 Å². The van der Waals surface area contributed by atoms with E-state index < -0.39 is 0 Å². The Morgan fingerprint density at radius 2 is 0.810 bits per heavy atom. The molecule has 3 heteroatoms. The molecule has 0 spiro atoms. The molecule has 63 heavy (non-hydrogen) atoms. The van der Waals surface area contributed by atoms with E-state index >= 15 is 0 Å². The van der Waals surface area contributed by atoms with E-state index in [2.05, 4.69) is 252 Å². The van der Waals surface area contributed by atoms with Gasteiger partial charge >= 0.3 is 0 Å². The minimum atomic E-state index is 0.865. The summed E-state index contributed by atoms with van der Waals surface area (Å²) in [6.07, 6.45) is 0. The fourth-order valence-corrected chi connectivity index (χ4v) is 9.45. The predicted molar refractivity (Wildman–Crippen MR) is 264 cm³/mol. The van der Waals surface area contributed by atoms with Gasteiger partial charge in [0.15, 0.2) is 0 Å². The van der Waals surface area contributed by atoms with Crippen molar-refractivity contribution in [3.8, 4) is 50.2 Å². The monoisotopic (exact) mass is 804 g/mol. The molecule has 0 aliphatic heterocycles. The van der Waals surface area contributed by atoms with Gasteiger partial charge in [0.05, 0.1) is 11.0 Å². The maximum Gasteiger partial charge on any atom is 0.138 e. The van der Waals surface area contributed by atoms with E-state index in [0.717, 1.165) is 77.8 Å². The summed E-state index contributed by atoms with van der Waals surface area (Å²) in [6.45, 7) is 0. The van der Waals surface area contributed by atoms with Crippen LogP contribution in [0.5, 0.6) is 0 Å². The lowest BCUT2D eigenvalue weighted by atomic mass is 9.93. The SMILES string of the molecule is c1ccc(-c2ccc(-c3c4c(cc5c3c3cc(N(c6ccc(-c7ccccc7)cc6)c6cccc(-c7ccccc7)c6)ccc3n5-c3ccccc3)oc3ccccc34)cc2)cc1. The molecular formula is C60H40N2O. The van der Waals surface area contributed by atoms with Gasteiger partial charge in [-0.2, -0.15) is 0 Å². The molecule has 2 heterocycles. The number of furan rings is 1. The summed E-state index contributed by atoms with van der Waals surface area (Å²) >= 11 is 0. The summed E-state index contributed by atoms with van der Waals surface area (Å²) in [7, 11) is 0. The normalized spacial score (nSPS) is 11.5. The standard InChI is InChI=1S/C60H40N2O/c1-5-16-41(17-6-1)44-28-30-46(31-29-44)58-59-53-39-51(36-37-54(53)62(48-23-11-4-12-24-48)55(59)40-57-60(58)52-26-13-14-27-56(52)63-57)61(49-34-32-45(33-35-49)42-18-7-2-8-19-42)50-25-15-22-47(38-50)43-20-9-3-10-21-43/h1-40H. The third-order valence-electron chi connectivity index (χ3n) is 12.4. The summed E-state index contributed by atoms with van der Waals surface area (Å²) in [6, 6.07) is 87.1. The lowest BCUT2D eigenvalue weighted by Crippen LogP contribution is -2.10. The van der Waals surface area contributed by atoms with E-state index in [1.165, 1.54) is 33.2 Å². The first kappa shape index (κ1) is 36.5. The van der Waals surface area contributed by atoms with Crippen molar-refractivity contribution < 1.29 is 4.42 Å². The zero-order valence-corrected chi connectivity index (χ0v) is 34.4. The number of rotatable bonds is 8. The molecule has 0 atom stereocenters. The summed E-state index contributed by atoms with van der Waals surface area (Å²) in [5.74, 6) is 0. The Hall–Kier alpha value is -8.40. The number of hydrogen-bond donors (Lipinski definition) is 0. The van der Waals surface area contributed by atoms with Crippen LogP contribution in [0, 0.1) is 0 Å². The van der Waals surface area contributed by atoms with Crippen molar-refractivity contribution in [3.63, 3.8) is 0 Å². The van der Waals surface area contributed by atoms with Crippen molar-refractivity contribution >= 4 is 60.8 Å². The highest BCUT2D eigenvalue weighted by Crippen LogP contribution is 2.48. The maximum absolute atomic E-state index is 6.75. The second-order valence-corrected chi connectivity index (χ2v) is 16.1. The first-order valence-electron chi connectivity index (χ1n) is 21.5. The van der Waals surface area contributed by atoms with Crippen LogP contribution in [0.1, 0.15) is 0 Å². The summed E-state index contributed by atoms with van der Waals surface area (Å²) < 4.78 is 9.15. The number of para-hydroxylation sites is 2. The average molecular weight is 805 g/mol. The van der Waals surface area contributed by atoms with Gasteiger partial charge in [-0.1, -0.05) is 176 Å². The molecule has 12 rings (SSSR count). The highest BCUT2D eigenvalue weighted by molar-refractivity contribution is 6.27. The maximum atomic E-state index is 6.75. The topological polar surface area (TPSA) is 21.3 Å². The van der Waals surface area contributed by atoms with Crippen LogP contribution < -0.4 is 4.90 Å². The number of nitrogens with zero attached hydrogens (tertiary/aromatic N) is 2. The van der Waals surface area contributed by atoms with Crippen LogP contribution in [-0.4, -0.2) is 4.57 Å². The quantitative estimate of drug-likeness (QED) is 0.153. The third kappa shape index (κ3) is 6.38. The van der Waals surface area contributed by atoms with Gasteiger partial charge in [0, 0.05) is 55.9 Å². The van der Waals surface area contributed by atoms with Crippen LogP contribution >= 0.6 is 0 Å². The molecule has 12 aromatic rings. The average Bonchev–Trinajstić information content (AvgIpc) is 3.90. The van der Waals surface area contributed by atoms with Crippen molar-refractivity contribution in [2.45, 2.75) is 0 Å². The van der Waals surface area contributed by atoms with E-state index in [0.29, 0.717) is 0 Å². The Balaban J connectivity index is 1.15. The zero-order chi connectivity index (χ0) is 41.7. The summed E-state index contributed by atoms with van der Waals surface area (Å²) in [5, 5.41) is 4.56. The predicted octanol–water partition coefficient (Wildman–Crippen LogP) is 16.8. The van der Waals surface area contributed by atoms with Gasteiger partial charge in [0.1, 0.15) is 11.2 Å². The second-order valence-electron chi connectivity index (χ2n) is 16.1. The molecule has 0 radical (unpaired) electrons. The van der Waals surface area contributed by atoms with Crippen LogP contribution in [0.4, 0.5) is 17.1 Å². The van der Waals surface area contributed by atoms with Gasteiger partial charge in [-0.3, -0.25) is 0 Å². The van der Waals surface area contributed by atoms with Crippen LogP contribution in [-0.2, 0) is 0 Å². The first-order valence-corrected chi connectivity index (χ1v) is 21.5. The molecule has 0 aliphatic carbocycles.